The second-order valence-electron chi connectivity index (χ2n) is 2.65. The molecule has 0 fully saturated rings. The van der Waals surface area contributed by atoms with Gasteiger partial charge in [0.05, 0.1) is 6.42 Å². The van der Waals surface area contributed by atoms with Crippen LogP contribution in [0.4, 0.5) is 0 Å². The average molecular weight is 150 g/mol. The zero-order valence-electron chi connectivity index (χ0n) is 6.35. The molecular formula is C9H10O2. The van der Waals surface area contributed by atoms with Gasteiger partial charge in [-0.1, -0.05) is 5.92 Å². The van der Waals surface area contributed by atoms with Gasteiger partial charge in [-0.3, -0.25) is 9.59 Å². The van der Waals surface area contributed by atoms with E-state index in [1.54, 1.807) is 0 Å². The van der Waals surface area contributed by atoms with Gasteiger partial charge in [0.1, 0.15) is 5.78 Å². The number of ketones is 2. The van der Waals surface area contributed by atoms with Gasteiger partial charge in [-0.15, -0.1) is 0 Å². The molecular weight excluding hydrogens is 140 g/mol. The molecule has 58 valence electrons. The molecule has 0 saturated heterocycles. The minimum absolute atomic E-state index is 0.0208. The molecule has 0 aliphatic heterocycles. The SMILES string of the molecule is O=C1C#CCCCCC(=O)C1. The van der Waals surface area contributed by atoms with E-state index >= 15 is 0 Å². The zero-order valence-corrected chi connectivity index (χ0v) is 6.35. The zero-order chi connectivity index (χ0) is 8.10. The van der Waals surface area contributed by atoms with E-state index in [1.807, 2.05) is 0 Å². The van der Waals surface area contributed by atoms with E-state index in [0.717, 1.165) is 19.3 Å². The van der Waals surface area contributed by atoms with Crippen LogP contribution in [0, 0.1) is 11.8 Å². The van der Waals surface area contributed by atoms with Gasteiger partial charge < -0.3 is 0 Å². The Labute approximate surface area is 66.0 Å². The fourth-order valence-electron chi connectivity index (χ4n) is 1.01. The summed E-state index contributed by atoms with van der Waals surface area (Å²) in [6, 6.07) is 0. The van der Waals surface area contributed by atoms with Crippen LogP contribution in [0.5, 0.6) is 0 Å². The van der Waals surface area contributed by atoms with Gasteiger partial charge in [0.2, 0.25) is 5.78 Å². The van der Waals surface area contributed by atoms with E-state index in [0.29, 0.717) is 6.42 Å². The van der Waals surface area contributed by atoms with Crippen LogP contribution in [0.1, 0.15) is 32.1 Å². The standard InChI is InChI=1S/C9H10O2/c10-8-5-3-1-2-4-6-9(11)7-8/h1-3,5,7H2. The third-order valence-electron chi connectivity index (χ3n) is 1.59. The summed E-state index contributed by atoms with van der Waals surface area (Å²) in [7, 11) is 0. The molecule has 1 aliphatic rings. The van der Waals surface area contributed by atoms with Crippen LogP contribution in [0.3, 0.4) is 0 Å². The van der Waals surface area contributed by atoms with Gasteiger partial charge in [-0.25, -0.2) is 0 Å². The number of carbonyl (C=O) groups is 2. The summed E-state index contributed by atoms with van der Waals surface area (Å²) < 4.78 is 0. The van der Waals surface area contributed by atoms with Crippen LogP contribution in [-0.2, 0) is 9.59 Å². The average Bonchev–Trinajstić information content (AvgIpc) is 2.02. The van der Waals surface area contributed by atoms with Crippen LogP contribution in [-0.4, -0.2) is 11.6 Å². The van der Waals surface area contributed by atoms with Crippen LogP contribution in [0.2, 0.25) is 0 Å². The normalized spacial score (nSPS) is 19.3. The highest BCUT2D eigenvalue weighted by Gasteiger charge is 2.07. The minimum Gasteiger partial charge on any atom is -0.299 e. The maximum absolute atomic E-state index is 10.9. The van der Waals surface area contributed by atoms with Crippen molar-refractivity contribution in [1.82, 2.24) is 0 Å². The number of rotatable bonds is 0. The van der Waals surface area contributed by atoms with Crippen molar-refractivity contribution in [3.05, 3.63) is 0 Å². The Hall–Kier alpha value is -1.10. The quantitative estimate of drug-likeness (QED) is 0.294. The Bertz CT molecular complexity index is 230. The van der Waals surface area contributed by atoms with E-state index < -0.39 is 0 Å². The van der Waals surface area contributed by atoms with Gasteiger partial charge in [0.15, 0.2) is 0 Å². The summed E-state index contributed by atoms with van der Waals surface area (Å²) in [5.74, 6) is 5.00. The Morgan fingerprint density at radius 1 is 1.18 bits per heavy atom. The molecule has 1 rings (SSSR count). The Kier molecular flexibility index (Phi) is 2.85. The smallest absolute Gasteiger partial charge is 0.212 e. The Morgan fingerprint density at radius 3 is 2.82 bits per heavy atom. The van der Waals surface area contributed by atoms with Crippen molar-refractivity contribution in [1.29, 1.82) is 0 Å². The van der Waals surface area contributed by atoms with Crippen LogP contribution in [0.15, 0.2) is 0 Å². The number of hydrogen-bond acceptors (Lipinski definition) is 2. The maximum atomic E-state index is 10.9. The molecule has 0 saturated carbocycles. The highest BCUT2D eigenvalue weighted by Crippen LogP contribution is 2.03. The molecule has 0 spiro atoms. The van der Waals surface area contributed by atoms with E-state index in [-0.39, 0.29) is 18.0 Å². The molecule has 0 unspecified atom stereocenters. The molecule has 0 amide bonds. The Morgan fingerprint density at radius 2 is 2.00 bits per heavy atom. The van der Waals surface area contributed by atoms with E-state index in [2.05, 4.69) is 11.8 Å². The fraction of sp³-hybridized carbons (Fsp3) is 0.556. The first kappa shape index (κ1) is 8.00. The lowest BCUT2D eigenvalue weighted by atomic mass is 10.1. The molecule has 1 aliphatic carbocycles. The summed E-state index contributed by atoms with van der Waals surface area (Å²) in [6.07, 6.45) is 3.12. The van der Waals surface area contributed by atoms with Crippen LogP contribution in [0.25, 0.3) is 0 Å². The van der Waals surface area contributed by atoms with Crippen molar-refractivity contribution in [3.63, 3.8) is 0 Å². The third kappa shape index (κ3) is 2.99. The van der Waals surface area contributed by atoms with Crippen LogP contribution < -0.4 is 0 Å². The summed E-state index contributed by atoms with van der Waals surface area (Å²) in [5, 5.41) is 0. The first-order valence-corrected chi connectivity index (χ1v) is 3.82. The summed E-state index contributed by atoms with van der Waals surface area (Å²) in [5.41, 5.74) is 0. The molecule has 2 heteroatoms. The highest BCUT2D eigenvalue weighted by molar-refractivity contribution is 6.07. The molecule has 0 aromatic carbocycles. The van der Waals surface area contributed by atoms with Gasteiger partial charge >= 0.3 is 0 Å². The molecule has 0 aromatic rings. The monoisotopic (exact) mass is 150 g/mol. The van der Waals surface area contributed by atoms with E-state index in [1.165, 1.54) is 0 Å². The summed E-state index contributed by atoms with van der Waals surface area (Å²) in [4.78, 5) is 21.7. The summed E-state index contributed by atoms with van der Waals surface area (Å²) in [6.45, 7) is 0. The van der Waals surface area contributed by atoms with Gasteiger partial charge in [0.25, 0.3) is 0 Å². The van der Waals surface area contributed by atoms with Gasteiger partial charge in [-0.05, 0) is 18.8 Å². The highest BCUT2D eigenvalue weighted by atomic mass is 16.1. The number of hydrogen-bond donors (Lipinski definition) is 0. The third-order valence-corrected chi connectivity index (χ3v) is 1.59. The molecule has 11 heavy (non-hydrogen) atoms. The van der Waals surface area contributed by atoms with Gasteiger partial charge in [0, 0.05) is 12.8 Å². The van der Waals surface area contributed by atoms with E-state index in [4.69, 9.17) is 0 Å². The first-order chi connectivity index (χ1) is 5.29. The van der Waals surface area contributed by atoms with Crippen molar-refractivity contribution >= 4 is 11.6 Å². The molecule has 0 bridgehead atoms. The first-order valence-electron chi connectivity index (χ1n) is 3.82. The second-order valence-corrected chi connectivity index (χ2v) is 2.65. The van der Waals surface area contributed by atoms with Crippen molar-refractivity contribution in [2.75, 3.05) is 0 Å². The lowest BCUT2D eigenvalue weighted by molar-refractivity contribution is -0.124. The maximum Gasteiger partial charge on any atom is 0.212 e. The molecule has 0 heterocycles. The predicted molar refractivity (Wildman–Crippen MR) is 40.9 cm³/mol. The Balaban J connectivity index is 2.57. The molecule has 0 N–H and O–H groups in total. The lowest BCUT2D eigenvalue weighted by Gasteiger charge is -1.93. The fourth-order valence-corrected chi connectivity index (χ4v) is 1.01. The molecule has 0 aromatic heterocycles. The largest absolute Gasteiger partial charge is 0.299 e. The van der Waals surface area contributed by atoms with Crippen molar-refractivity contribution in [2.45, 2.75) is 32.1 Å². The summed E-state index contributed by atoms with van der Waals surface area (Å²) >= 11 is 0. The minimum atomic E-state index is -0.225. The second kappa shape index (κ2) is 3.92. The van der Waals surface area contributed by atoms with Gasteiger partial charge in [-0.2, -0.15) is 0 Å². The van der Waals surface area contributed by atoms with Crippen molar-refractivity contribution < 1.29 is 9.59 Å². The van der Waals surface area contributed by atoms with Crippen LogP contribution >= 0.6 is 0 Å². The number of carbonyl (C=O) groups excluding carboxylic acids is 2. The lowest BCUT2D eigenvalue weighted by Crippen LogP contribution is -2.04. The van der Waals surface area contributed by atoms with Crippen molar-refractivity contribution in [2.24, 2.45) is 0 Å². The van der Waals surface area contributed by atoms with Crippen molar-refractivity contribution in [3.8, 4) is 11.8 Å². The molecule has 0 radical (unpaired) electrons. The van der Waals surface area contributed by atoms with E-state index in [9.17, 15) is 9.59 Å². The topological polar surface area (TPSA) is 34.1 Å². The predicted octanol–water partition coefficient (Wildman–Crippen LogP) is 1.09. The molecule has 0 atom stereocenters. The number of Topliss-reactive ketones (excluding diaryl/α,β-unsaturated/α-hetero) is 2. The molecule has 2 nitrogen and oxygen atoms in total.